The number of anilines is 1. The maximum Gasteiger partial charge on any atom is 0.150 e. The van der Waals surface area contributed by atoms with Crippen molar-refractivity contribution < 1.29 is 14.9 Å². The van der Waals surface area contributed by atoms with Crippen molar-refractivity contribution >= 4 is 28.9 Å². The molecule has 0 fully saturated rings. The van der Waals surface area contributed by atoms with Gasteiger partial charge in [0.15, 0.2) is 5.75 Å². The van der Waals surface area contributed by atoms with Gasteiger partial charge in [-0.2, -0.15) is 0 Å². The van der Waals surface area contributed by atoms with Crippen molar-refractivity contribution in [2.75, 3.05) is 18.5 Å². The Morgan fingerprint density at radius 2 is 1.71 bits per heavy atom. The van der Waals surface area contributed by atoms with Crippen molar-refractivity contribution in [2.24, 2.45) is 0 Å². The number of hydrogen-bond donors (Lipinski definition) is 3. The topological polar surface area (TPSA) is 61.7 Å². The molecule has 0 aliphatic carbocycles. The van der Waals surface area contributed by atoms with Crippen LogP contribution in [0.2, 0.25) is 10.0 Å². The average Bonchev–Trinajstić information content (AvgIpc) is 2.49. The van der Waals surface area contributed by atoms with Crippen molar-refractivity contribution in [1.82, 2.24) is 0 Å². The third-order valence-electron chi connectivity index (χ3n) is 2.72. The summed E-state index contributed by atoms with van der Waals surface area (Å²) in [6, 6.07) is 12.1. The Kier molecular flexibility index (Phi) is 5.70. The Morgan fingerprint density at radius 3 is 2.38 bits per heavy atom. The van der Waals surface area contributed by atoms with Crippen LogP contribution in [-0.2, 0) is 0 Å². The minimum atomic E-state index is -0.854. The number of nitrogens with one attached hydrogen (secondary N) is 1. The van der Waals surface area contributed by atoms with Gasteiger partial charge in [0, 0.05) is 16.6 Å². The number of rotatable bonds is 6. The zero-order valence-corrected chi connectivity index (χ0v) is 12.6. The van der Waals surface area contributed by atoms with E-state index in [1.54, 1.807) is 42.5 Å². The van der Waals surface area contributed by atoms with Crippen LogP contribution >= 0.6 is 23.2 Å². The molecule has 0 bridgehead atoms. The van der Waals surface area contributed by atoms with E-state index in [0.29, 0.717) is 27.2 Å². The Hall–Kier alpha value is -1.46. The molecular weight excluding hydrogens is 313 g/mol. The number of aliphatic hydroxyl groups is 2. The first kappa shape index (κ1) is 15.9. The van der Waals surface area contributed by atoms with E-state index in [4.69, 9.17) is 33.0 Å². The van der Waals surface area contributed by atoms with Gasteiger partial charge in [-0.25, -0.2) is 0 Å². The van der Waals surface area contributed by atoms with Crippen LogP contribution in [0.5, 0.6) is 11.5 Å². The summed E-state index contributed by atoms with van der Waals surface area (Å²) >= 11 is 11.8. The minimum absolute atomic E-state index is 0.188. The predicted molar refractivity (Wildman–Crippen MR) is 84.6 cm³/mol. The summed E-state index contributed by atoms with van der Waals surface area (Å²) < 4.78 is 5.76. The summed E-state index contributed by atoms with van der Waals surface area (Å²) in [6.45, 7) is -0.130. The summed E-state index contributed by atoms with van der Waals surface area (Å²) in [5, 5.41) is 22.4. The molecule has 0 aliphatic rings. The minimum Gasteiger partial charge on any atom is -0.455 e. The van der Waals surface area contributed by atoms with E-state index < -0.39 is 6.10 Å². The van der Waals surface area contributed by atoms with Crippen molar-refractivity contribution in [3.8, 4) is 11.5 Å². The molecule has 2 rings (SSSR count). The van der Waals surface area contributed by atoms with Crippen LogP contribution in [0.1, 0.15) is 0 Å². The van der Waals surface area contributed by atoms with Crippen LogP contribution < -0.4 is 10.1 Å². The SMILES string of the molecule is OCC(O)CNc1cc(Cl)ccc1Oc1ccc(Cl)cc1. The van der Waals surface area contributed by atoms with Gasteiger partial charge >= 0.3 is 0 Å². The maximum atomic E-state index is 9.40. The van der Waals surface area contributed by atoms with Gasteiger partial charge in [-0.15, -0.1) is 0 Å². The van der Waals surface area contributed by atoms with E-state index in [2.05, 4.69) is 5.32 Å². The first-order valence-corrected chi connectivity index (χ1v) is 7.10. The highest BCUT2D eigenvalue weighted by molar-refractivity contribution is 6.31. The van der Waals surface area contributed by atoms with Crippen molar-refractivity contribution in [1.29, 1.82) is 0 Å². The van der Waals surface area contributed by atoms with Gasteiger partial charge in [0.2, 0.25) is 0 Å². The molecule has 3 N–H and O–H groups in total. The fourth-order valence-electron chi connectivity index (χ4n) is 1.65. The largest absolute Gasteiger partial charge is 0.455 e. The summed E-state index contributed by atoms with van der Waals surface area (Å²) in [7, 11) is 0. The lowest BCUT2D eigenvalue weighted by atomic mass is 10.2. The monoisotopic (exact) mass is 327 g/mol. The van der Waals surface area contributed by atoms with Gasteiger partial charge in [-0.1, -0.05) is 23.2 Å². The molecule has 0 aromatic heterocycles. The highest BCUT2D eigenvalue weighted by Crippen LogP contribution is 2.32. The van der Waals surface area contributed by atoms with Crippen LogP contribution in [0, 0.1) is 0 Å². The molecule has 2 aromatic rings. The summed E-state index contributed by atoms with van der Waals surface area (Å²) in [4.78, 5) is 0. The number of benzene rings is 2. The lowest BCUT2D eigenvalue weighted by Gasteiger charge is -2.15. The molecule has 0 saturated carbocycles. The highest BCUT2D eigenvalue weighted by Gasteiger charge is 2.08. The second-order valence-corrected chi connectivity index (χ2v) is 5.29. The molecule has 0 radical (unpaired) electrons. The lowest BCUT2D eigenvalue weighted by Crippen LogP contribution is -2.23. The first-order chi connectivity index (χ1) is 10.1. The predicted octanol–water partition coefficient (Wildman–Crippen LogP) is 3.55. The van der Waals surface area contributed by atoms with Gasteiger partial charge < -0.3 is 20.3 Å². The van der Waals surface area contributed by atoms with Crippen molar-refractivity contribution in [3.63, 3.8) is 0 Å². The van der Waals surface area contributed by atoms with Gasteiger partial charge in [0.05, 0.1) is 18.4 Å². The van der Waals surface area contributed by atoms with Crippen LogP contribution in [0.4, 0.5) is 5.69 Å². The first-order valence-electron chi connectivity index (χ1n) is 6.34. The van der Waals surface area contributed by atoms with Gasteiger partial charge in [0.25, 0.3) is 0 Å². The van der Waals surface area contributed by atoms with E-state index in [1.165, 1.54) is 0 Å². The molecular formula is C15H15Cl2NO3. The second-order valence-electron chi connectivity index (χ2n) is 4.41. The third-order valence-corrected chi connectivity index (χ3v) is 3.21. The molecule has 0 heterocycles. The Bertz CT molecular complexity index is 590. The fraction of sp³-hybridized carbons (Fsp3) is 0.200. The van der Waals surface area contributed by atoms with Gasteiger partial charge in [0.1, 0.15) is 5.75 Å². The lowest BCUT2D eigenvalue weighted by molar-refractivity contribution is 0.105. The van der Waals surface area contributed by atoms with E-state index in [9.17, 15) is 5.11 Å². The normalized spacial score (nSPS) is 12.0. The van der Waals surface area contributed by atoms with Gasteiger partial charge in [-0.3, -0.25) is 0 Å². The zero-order valence-electron chi connectivity index (χ0n) is 11.1. The van der Waals surface area contributed by atoms with Crippen molar-refractivity contribution in [2.45, 2.75) is 6.10 Å². The standard InChI is InChI=1S/C15H15Cl2NO3/c16-10-1-4-13(5-2-10)21-15-6-3-11(17)7-14(15)18-8-12(20)9-19/h1-7,12,18-20H,8-9H2. The number of aliphatic hydroxyl groups excluding tert-OH is 2. The fourth-order valence-corrected chi connectivity index (χ4v) is 1.95. The Morgan fingerprint density at radius 1 is 1.05 bits per heavy atom. The van der Waals surface area contributed by atoms with Crippen molar-refractivity contribution in [3.05, 3.63) is 52.5 Å². The van der Waals surface area contributed by atoms with Crippen LogP contribution in [0.15, 0.2) is 42.5 Å². The molecule has 0 aliphatic heterocycles. The quantitative estimate of drug-likeness (QED) is 0.759. The highest BCUT2D eigenvalue weighted by atomic mass is 35.5. The molecule has 1 atom stereocenters. The van der Waals surface area contributed by atoms with E-state index >= 15 is 0 Å². The molecule has 112 valence electrons. The smallest absolute Gasteiger partial charge is 0.150 e. The zero-order chi connectivity index (χ0) is 15.2. The third kappa shape index (κ3) is 4.79. The molecule has 1 unspecified atom stereocenters. The molecule has 0 saturated heterocycles. The number of ether oxygens (including phenoxy) is 1. The summed E-state index contributed by atoms with van der Waals surface area (Å²) in [5.41, 5.74) is 0.630. The average molecular weight is 328 g/mol. The van der Waals surface area contributed by atoms with E-state index in [0.717, 1.165) is 0 Å². The van der Waals surface area contributed by atoms with Crippen LogP contribution in [-0.4, -0.2) is 29.5 Å². The van der Waals surface area contributed by atoms with E-state index in [-0.39, 0.29) is 13.2 Å². The Labute approximate surface area is 132 Å². The van der Waals surface area contributed by atoms with Crippen LogP contribution in [0.3, 0.4) is 0 Å². The Balaban J connectivity index is 2.16. The molecule has 2 aromatic carbocycles. The maximum absolute atomic E-state index is 9.40. The van der Waals surface area contributed by atoms with E-state index in [1.807, 2.05) is 0 Å². The van der Waals surface area contributed by atoms with Gasteiger partial charge in [-0.05, 0) is 42.5 Å². The molecule has 6 heteroatoms. The molecule has 0 spiro atoms. The summed E-state index contributed by atoms with van der Waals surface area (Å²) in [5.74, 6) is 1.19. The molecule has 0 amide bonds. The molecule has 21 heavy (non-hydrogen) atoms. The van der Waals surface area contributed by atoms with Crippen LogP contribution in [0.25, 0.3) is 0 Å². The number of halogens is 2. The number of hydrogen-bond acceptors (Lipinski definition) is 4. The second kappa shape index (κ2) is 7.52. The molecule has 4 nitrogen and oxygen atoms in total. The summed E-state index contributed by atoms with van der Waals surface area (Å²) in [6.07, 6.45) is -0.854.